The fourth-order valence-electron chi connectivity index (χ4n) is 3.63. The third kappa shape index (κ3) is 2.53. The number of carboxylic acids is 2. The van der Waals surface area contributed by atoms with Crippen molar-refractivity contribution in [2.75, 3.05) is 0 Å². The summed E-state index contributed by atoms with van der Waals surface area (Å²) in [5.74, 6) is -9.25. The highest BCUT2D eigenvalue weighted by Gasteiger charge is 2.49. The van der Waals surface area contributed by atoms with Gasteiger partial charge in [-0.25, -0.2) is 4.39 Å². The van der Waals surface area contributed by atoms with E-state index in [-0.39, 0.29) is 18.4 Å². The Labute approximate surface area is 135 Å². The molecule has 0 spiro atoms. The molecule has 0 aromatic heterocycles. The minimum atomic E-state index is -1.42. The first kappa shape index (κ1) is 16.1. The van der Waals surface area contributed by atoms with Crippen molar-refractivity contribution in [3.8, 4) is 0 Å². The summed E-state index contributed by atoms with van der Waals surface area (Å²) in [6.07, 6.45) is -0.345. The third-order valence-corrected chi connectivity index (χ3v) is 4.67. The first-order chi connectivity index (χ1) is 11.3. The molecule has 24 heavy (non-hydrogen) atoms. The van der Waals surface area contributed by atoms with Gasteiger partial charge in [0.15, 0.2) is 0 Å². The van der Waals surface area contributed by atoms with E-state index in [9.17, 15) is 33.8 Å². The van der Waals surface area contributed by atoms with Crippen molar-refractivity contribution in [1.29, 1.82) is 0 Å². The number of ether oxygens (including phenoxy) is 1. The van der Waals surface area contributed by atoms with E-state index < -0.39 is 53.4 Å². The number of cyclic esters (lactones) is 2. The Morgan fingerprint density at radius 3 is 2.33 bits per heavy atom. The zero-order valence-electron chi connectivity index (χ0n) is 12.3. The highest BCUT2D eigenvalue weighted by molar-refractivity contribution is 5.95. The summed E-state index contributed by atoms with van der Waals surface area (Å²) in [6, 6.07) is 3.45. The Balaban J connectivity index is 2.13. The Morgan fingerprint density at radius 1 is 1.08 bits per heavy atom. The number of carbonyl (C=O) groups excluding carboxylic acids is 2. The van der Waals surface area contributed by atoms with Gasteiger partial charge in [0.25, 0.3) is 0 Å². The molecule has 0 bridgehead atoms. The number of esters is 2. The SMILES string of the molecule is O=C1CC(C2CC(C(=O)O)C(C(=O)O)c3cc(F)ccc32)C(=O)O1. The zero-order chi connectivity index (χ0) is 17.6. The number of rotatable bonds is 3. The summed E-state index contributed by atoms with van der Waals surface area (Å²) in [6.45, 7) is 0. The van der Waals surface area contributed by atoms with E-state index in [1.54, 1.807) is 0 Å². The molecule has 1 aliphatic heterocycles. The third-order valence-electron chi connectivity index (χ3n) is 4.67. The predicted molar refractivity (Wildman–Crippen MR) is 74.5 cm³/mol. The zero-order valence-corrected chi connectivity index (χ0v) is 12.3. The van der Waals surface area contributed by atoms with Gasteiger partial charge in [0, 0.05) is 0 Å². The van der Waals surface area contributed by atoms with Gasteiger partial charge in [0.05, 0.1) is 24.2 Å². The molecule has 0 amide bonds. The maximum Gasteiger partial charge on any atom is 0.317 e. The minimum absolute atomic E-state index is 0.0262. The molecular formula is C16H13FO7. The van der Waals surface area contributed by atoms with E-state index in [4.69, 9.17) is 0 Å². The van der Waals surface area contributed by atoms with Crippen LogP contribution in [-0.4, -0.2) is 34.1 Å². The number of aliphatic carboxylic acids is 2. The average molecular weight is 336 g/mol. The molecule has 2 N–H and O–H groups in total. The fourth-order valence-corrected chi connectivity index (χ4v) is 3.63. The van der Waals surface area contributed by atoms with Crippen molar-refractivity contribution in [3.63, 3.8) is 0 Å². The smallest absolute Gasteiger partial charge is 0.317 e. The number of fused-ring (bicyclic) bond motifs is 1. The molecule has 126 valence electrons. The highest BCUT2D eigenvalue weighted by atomic mass is 19.1. The van der Waals surface area contributed by atoms with Crippen LogP contribution in [0, 0.1) is 17.7 Å². The van der Waals surface area contributed by atoms with Crippen molar-refractivity contribution in [3.05, 3.63) is 35.1 Å². The molecule has 1 heterocycles. The molecule has 0 saturated carbocycles. The van der Waals surface area contributed by atoms with Gasteiger partial charge in [0.2, 0.25) is 0 Å². The van der Waals surface area contributed by atoms with Crippen molar-refractivity contribution in [1.82, 2.24) is 0 Å². The number of carboxylic acid groups (broad SMARTS) is 2. The Kier molecular flexibility index (Phi) is 3.82. The topological polar surface area (TPSA) is 118 Å². The van der Waals surface area contributed by atoms with Crippen molar-refractivity contribution < 1.29 is 38.5 Å². The Morgan fingerprint density at radius 2 is 1.79 bits per heavy atom. The van der Waals surface area contributed by atoms with E-state index in [1.807, 2.05) is 0 Å². The van der Waals surface area contributed by atoms with E-state index in [0.717, 1.165) is 12.1 Å². The number of hydrogen-bond donors (Lipinski definition) is 2. The van der Waals surface area contributed by atoms with Gasteiger partial charge in [-0.2, -0.15) is 0 Å². The average Bonchev–Trinajstić information content (AvgIpc) is 2.83. The standard InChI is InChI=1S/C16H13FO7/c17-6-1-2-7-8(10-5-12(18)24-16(10)23)4-11(14(19)20)13(15(21)22)9(7)3-6/h1-3,8,10-11,13H,4-5H2,(H,19,20)(H,21,22). The van der Waals surface area contributed by atoms with Crippen LogP contribution in [0.2, 0.25) is 0 Å². The molecular weight excluding hydrogens is 323 g/mol. The van der Waals surface area contributed by atoms with Crippen molar-refractivity contribution >= 4 is 23.9 Å². The predicted octanol–water partition coefficient (Wildman–Crippen LogP) is 1.27. The number of halogens is 1. The van der Waals surface area contributed by atoms with Crippen LogP contribution in [0.25, 0.3) is 0 Å². The van der Waals surface area contributed by atoms with Gasteiger partial charge in [-0.05, 0) is 35.6 Å². The van der Waals surface area contributed by atoms with Crippen LogP contribution in [0.1, 0.15) is 35.8 Å². The fraction of sp³-hybridized carbons (Fsp3) is 0.375. The largest absolute Gasteiger partial charge is 0.481 e. The van der Waals surface area contributed by atoms with Crippen molar-refractivity contribution in [2.24, 2.45) is 11.8 Å². The normalized spacial score (nSPS) is 29.0. The molecule has 2 aliphatic rings. The summed E-state index contributed by atoms with van der Waals surface area (Å²) >= 11 is 0. The maximum absolute atomic E-state index is 13.6. The lowest BCUT2D eigenvalue weighted by Gasteiger charge is -2.35. The first-order valence-electron chi connectivity index (χ1n) is 7.29. The van der Waals surface area contributed by atoms with Gasteiger partial charge in [-0.3, -0.25) is 19.2 Å². The van der Waals surface area contributed by atoms with Crippen LogP contribution in [0.4, 0.5) is 4.39 Å². The monoisotopic (exact) mass is 336 g/mol. The summed E-state index contributed by atoms with van der Waals surface area (Å²) in [5, 5.41) is 18.8. The maximum atomic E-state index is 13.6. The molecule has 1 aliphatic carbocycles. The van der Waals surface area contributed by atoms with Gasteiger partial charge in [-0.15, -0.1) is 0 Å². The van der Waals surface area contributed by atoms with Crippen LogP contribution < -0.4 is 0 Å². The number of carbonyl (C=O) groups is 4. The van der Waals surface area contributed by atoms with E-state index in [0.29, 0.717) is 5.56 Å². The minimum Gasteiger partial charge on any atom is -0.481 e. The molecule has 4 atom stereocenters. The van der Waals surface area contributed by atoms with Crippen LogP contribution >= 0.6 is 0 Å². The molecule has 1 saturated heterocycles. The number of benzene rings is 1. The molecule has 8 heteroatoms. The van der Waals surface area contributed by atoms with Crippen LogP contribution in [0.15, 0.2) is 18.2 Å². The van der Waals surface area contributed by atoms with Crippen LogP contribution in [0.5, 0.6) is 0 Å². The molecule has 4 unspecified atom stereocenters. The number of hydrogen-bond acceptors (Lipinski definition) is 5. The lowest BCUT2D eigenvalue weighted by molar-refractivity contribution is -0.154. The van der Waals surface area contributed by atoms with Crippen molar-refractivity contribution in [2.45, 2.75) is 24.7 Å². The van der Waals surface area contributed by atoms with Crippen LogP contribution in [-0.2, 0) is 23.9 Å². The highest BCUT2D eigenvalue weighted by Crippen LogP contribution is 2.48. The lowest BCUT2D eigenvalue weighted by atomic mass is 9.66. The Hall–Kier alpha value is -2.77. The molecule has 0 radical (unpaired) electrons. The molecule has 7 nitrogen and oxygen atoms in total. The van der Waals surface area contributed by atoms with E-state index in [1.165, 1.54) is 6.07 Å². The molecule has 1 aromatic rings. The van der Waals surface area contributed by atoms with E-state index in [2.05, 4.69) is 4.74 Å². The first-order valence-corrected chi connectivity index (χ1v) is 7.29. The molecule has 1 fully saturated rings. The second kappa shape index (κ2) is 5.70. The second-order valence-electron chi connectivity index (χ2n) is 5.98. The quantitative estimate of drug-likeness (QED) is 0.630. The summed E-state index contributed by atoms with van der Waals surface area (Å²) in [5.41, 5.74) is 0.399. The van der Waals surface area contributed by atoms with E-state index >= 15 is 0 Å². The van der Waals surface area contributed by atoms with Gasteiger partial charge < -0.3 is 14.9 Å². The summed E-state index contributed by atoms with van der Waals surface area (Å²) < 4.78 is 18.1. The summed E-state index contributed by atoms with van der Waals surface area (Å²) in [4.78, 5) is 46.3. The molecule has 3 rings (SSSR count). The van der Waals surface area contributed by atoms with Gasteiger partial charge >= 0.3 is 23.9 Å². The Bertz CT molecular complexity index is 757. The van der Waals surface area contributed by atoms with Gasteiger partial charge in [0.1, 0.15) is 5.82 Å². The van der Waals surface area contributed by atoms with Crippen LogP contribution in [0.3, 0.4) is 0 Å². The lowest BCUT2D eigenvalue weighted by Crippen LogP contribution is -2.37. The van der Waals surface area contributed by atoms with Gasteiger partial charge in [-0.1, -0.05) is 6.07 Å². The second-order valence-corrected chi connectivity index (χ2v) is 5.98. The molecule has 1 aromatic carbocycles. The summed E-state index contributed by atoms with van der Waals surface area (Å²) in [7, 11) is 0.